The van der Waals surface area contributed by atoms with Crippen molar-refractivity contribution >= 4 is 5.91 Å². The lowest BCUT2D eigenvalue weighted by Gasteiger charge is -2.15. The average molecular weight is 233 g/mol. The van der Waals surface area contributed by atoms with Gasteiger partial charge in [-0.2, -0.15) is 5.26 Å². The highest BCUT2D eigenvalue weighted by Crippen LogP contribution is 2.22. The number of nitrogens with two attached hydrogens (primary N) is 1. The molecular weight excluding hydrogens is 218 g/mol. The minimum atomic E-state index is -0.585. The third-order valence-electron chi connectivity index (χ3n) is 2.37. The SMILES string of the molecule is CCNC(C(N)=O)c1ccc(OC)c(C#N)c1. The van der Waals surface area contributed by atoms with Gasteiger partial charge in [-0.1, -0.05) is 13.0 Å². The summed E-state index contributed by atoms with van der Waals surface area (Å²) in [4.78, 5) is 11.3. The van der Waals surface area contributed by atoms with Gasteiger partial charge in [-0.05, 0) is 24.2 Å². The molecule has 0 spiro atoms. The maximum atomic E-state index is 11.3. The predicted molar refractivity (Wildman–Crippen MR) is 63.3 cm³/mol. The number of likely N-dealkylation sites (N-methyl/N-ethyl adjacent to an activating group) is 1. The van der Waals surface area contributed by atoms with Crippen LogP contribution in [0.25, 0.3) is 0 Å². The van der Waals surface area contributed by atoms with E-state index in [4.69, 9.17) is 15.7 Å². The van der Waals surface area contributed by atoms with Crippen molar-refractivity contribution < 1.29 is 9.53 Å². The average Bonchev–Trinajstić information content (AvgIpc) is 2.34. The number of ether oxygens (including phenoxy) is 1. The first-order valence-electron chi connectivity index (χ1n) is 5.24. The van der Waals surface area contributed by atoms with Crippen molar-refractivity contribution in [3.8, 4) is 11.8 Å². The summed E-state index contributed by atoms with van der Waals surface area (Å²) in [7, 11) is 1.49. The van der Waals surface area contributed by atoms with Crippen molar-refractivity contribution in [2.45, 2.75) is 13.0 Å². The molecule has 0 aromatic heterocycles. The molecule has 1 amide bonds. The van der Waals surface area contributed by atoms with E-state index in [1.165, 1.54) is 7.11 Å². The van der Waals surface area contributed by atoms with E-state index in [9.17, 15) is 4.79 Å². The number of methoxy groups -OCH3 is 1. The topological polar surface area (TPSA) is 88.1 Å². The molecule has 3 N–H and O–H groups in total. The van der Waals surface area contributed by atoms with Crippen LogP contribution >= 0.6 is 0 Å². The van der Waals surface area contributed by atoms with Crippen LogP contribution in [0.1, 0.15) is 24.1 Å². The van der Waals surface area contributed by atoms with Gasteiger partial charge in [-0.15, -0.1) is 0 Å². The maximum absolute atomic E-state index is 11.3. The van der Waals surface area contributed by atoms with E-state index < -0.39 is 11.9 Å². The Morgan fingerprint density at radius 3 is 2.82 bits per heavy atom. The minimum absolute atomic E-state index is 0.383. The number of primary amides is 1. The molecule has 1 aromatic carbocycles. The fraction of sp³-hybridized carbons (Fsp3) is 0.333. The Bertz CT molecular complexity index is 452. The molecule has 0 bridgehead atoms. The molecule has 1 aromatic rings. The Morgan fingerprint density at radius 1 is 1.65 bits per heavy atom. The van der Waals surface area contributed by atoms with Crippen molar-refractivity contribution in [3.63, 3.8) is 0 Å². The van der Waals surface area contributed by atoms with E-state index in [1.807, 2.05) is 13.0 Å². The van der Waals surface area contributed by atoms with Crippen LogP contribution in [0.4, 0.5) is 0 Å². The number of rotatable bonds is 5. The minimum Gasteiger partial charge on any atom is -0.495 e. The molecule has 17 heavy (non-hydrogen) atoms. The number of hydrogen-bond acceptors (Lipinski definition) is 4. The van der Waals surface area contributed by atoms with Crippen LogP contribution in [-0.4, -0.2) is 19.6 Å². The van der Waals surface area contributed by atoms with Gasteiger partial charge in [-0.25, -0.2) is 0 Å². The lowest BCUT2D eigenvalue weighted by Crippen LogP contribution is -2.33. The van der Waals surface area contributed by atoms with Gasteiger partial charge in [0.2, 0.25) is 5.91 Å². The number of amides is 1. The first kappa shape index (κ1) is 13.0. The molecule has 0 fully saturated rings. The lowest BCUT2D eigenvalue weighted by atomic mass is 10.0. The smallest absolute Gasteiger partial charge is 0.239 e. The lowest BCUT2D eigenvalue weighted by molar-refractivity contribution is -0.120. The van der Waals surface area contributed by atoms with Crippen LogP contribution in [0.15, 0.2) is 18.2 Å². The van der Waals surface area contributed by atoms with E-state index in [2.05, 4.69) is 5.32 Å². The van der Waals surface area contributed by atoms with Crippen molar-refractivity contribution in [1.82, 2.24) is 5.32 Å². The molecule has 5 heteroatoms. The first-order valence-corrected chi connectivity index (χ1v) is 5.24. The summed E-state index contributed by atoms with van der Waals surface area (Å²) < 4.78 is 5.03. The van der Waals surface area contributed by atoms with E-state index in [0.29, 0.717) is 23.4 Å². The fourth-order valence-corrected chi connectivity index (χ4v) is 1.58. The van der Waals surface area contributed by atoms with Crippen molar-refractivity contribution in [2.24, 2.45) is 5.73 Å². The van der Waals surface area contributed by atoms with Gasteiger partial charge in [-0.3, -0.25) is 4.79 Å². The molecule has 90 valence electrons. The zero-order chi connectivity index (χ0) is 12.8. The quantitative estimate of drug-likeness (QED) is 0.783. The molecule has 0 heterocycles. The summed E-state index contributed by atoms with van der Waals surface area (Å²) in [5, 5.41) is 11.9. The monoisotopic (exact) mass is 233 g/mol. The highest BCUT2D eigenvalue weighted by Gasteiger charge is 2.17. The Kier molecular flexibility index (Phi) is 4.49. The normalized spacial score (nSPS) is 11.6. The van der Waals surface area contributed by atoms with E-state index in [0.717, 1.165) is 0 Å². The van der Waals surface area contributed by atoms with Gasteiger partial charge in [0, 0.05) is 0 Å². The fourth-order valence-electron chi connectivity index (χ4n) is 1.58. The van der Waals surface area contributed by atoms with Crippen LogP contribution in [0.3, 0.4) is 0 Å². The van der Waals surface area contributed by atoms with Gasteiger partial charge in [0.1, 0.15) is 17.9 Å². The molecular formula is C12H15N3O2. The molecule has 0 saturated carbocycles. The Labute approximate surface area is 100 Å². The highest BCUT2D eigenvalue weighted by atomic mass is 16.5. The van der Waals surface area contributed by atoms with Crippen LogP contribution in [-0.2, 0) is 4.79 Å². The largest absolute Gasteiger partial charge is 0.495 e. The predicted octanol–water partition coefficient (Wildman–Crippen LogP) is 0.703. The van der Waals surface area contributed by atoms with Crippen LogP contribution in [0, 0.1) is 11.3 Å². The molecule has 0 aliphatic rings. The van der Waals surface area contributed by atoms with E-state index in [-0.39, 0.29) is 0 Å². The van der Waals surface area contributed by atoms with Crippen LogP contribution in [0.2, 0.25) is 0 Å². The zero-order valence-electron chi connectivity index (χ0n) is 9.86. The second-order valence-corrected chi connectivity index (χ2v) is 3.46. The molecule has 1 atom stereocenters. The number of carbonyl (C=O) groups is 1. The van der Waals surface area contributed by atoms with Crippen LogP contribution in [0.5, 0.6) is 5.75 Å². The third kappa shape index (κ3) is 2.95. The molecule has 5 nitrogen and oxygen atoms in total. The van der Waals surface area contributed by atoms with E-state index >= 15 is 0 Å². The Morgan fingerprint density at radius 2 is 2.35 bits per heavy atom. The molecule has 1 rings (SSSR count). The summed E-state index contributed by atoms with van der Waals surface area (Å²) >= 11 is 0. The summed E-state index contributed by atoms with van der Waals surface area (Å²) in [5.41, 5.74) is 6.35. The van der Waals surface area contributed by atoms with Gasteiger partial charge in [0.15, 0.2) is 0 Å². The molecule has 0 aliphatic carbocycles. The summed E-state index contributed by atoms with van der Waals surface area (Å²) in [6, 6.07) is 6.41. The maximum Gasteiger partial charge on any atom is 0.239 e. The number of carbonyl (C=O) groups excluding carboxylic acids is 1. The Balaban J connectivity index is 3.13. The zero-order valence-corrected chi connectivity index (χ0v) is 9.86. The third-order valence-corrected chi connectivity index (χ3v) is 2.37. The summed E-state index contributed by atoms with van der Waals surface area (Å²) in [5.74, 6) is 0.0110. The molecule has 0 radical (unpaired) electrons. The Hall–Kier alpha value is -2.06. The van der Waals surface area contributed by atoms with Crippen LogP contribution < -0.4 is 15.8 Å². The van der Waals surface area contributed by atoms with Gasteiger partial charge < -0.3 is 15.8 Å². The van der Waals surface area contributed by atoms with Gasteiger partial charge >= 0.3 is 0 Å². The standard InChI is InChI=1S/C12H15N3O2/c1-3-15-11(12(14)16)8-4-5-10(17-2)9(6-8)7-13/h4-6,11,15H,3H2,1-2H3,(H2,14,16). The number of nitriles is 1. The van der Waals surface area contributed by atoms with Crippen molar-refractivity contribution in [2.75, 3.05) is 13.7 Å². The number of benzene rings is 1. The molecule has 0 saturated heterocycles. The number of nitrogens with one attached hydrogen (secondary N) is 1. The van der Waals surface area contributed by atoms with Crippen molar-refractivity contribution in [3.05, 3.63) is 29.3 Å². The molecule has 1 unspecified atom stereocenters. The summed E-state index contributed by atoms with van der Waals surface area (Å²) in [6.07, 6.45) is 0. The summed E-state index contributed by atoms with van der Waals surface area (Å²) in [6.45, 7) is 2.49. The second-order valence-electron chi connectivity index (χ2n) is 3.46. The number of hydrogen-bond donors (Lipinski definition) is 2. The highest BCUT2D eigenvalue weighted by molar-refractivity contribution is 5.81. The number of nitrogens with zero attached hydrogens (tertiary/aromatic N) is 1. The van der Waals surface area contributed by atoms with Gasteiger partial charge in [0.05, 0.1) is 12.7 Å². The molecule has 0 aliphatic heterocycles. The van der Waals surface area contributed by atoms with E-state index in [1.54, 1.807) is 18.2 Å². The van der Waals surface area contributed by atoms with Crippen molar-refractivity contribution in [1.29, 1.82) is 5.26 Å². The van der Waals surface area contributed by atoms with Gasteiger partial charge in [0.25, 0.3) is 0 Å². The second kappa shape index (κ2) is 5.87. The first-order chi connectivity index (χ1) is 8.13.